The molecule has 0 aliphatic heterocycles. The molecule has 0 aliphatic carbocycles. The van der Waals surface area contributed by atoms with Crippen LogP contribution in [0.5, 0.6) is 0 Å². The Morgan fingerprint density at radius 3 is 0.963 bits per heavy atom. The molecule has 0 amide bonds. The summed E-state index contributed by atoms with van der Waals surface area (Å²) in [5.74, 6) is 0. The zero-order valence-electron chi connectivity index (χ0n) is 44.0. The van der Waals surface area contributed by atoms with Crippen LogP contribution in [-0.4, -0.2) is 18.3 Å². The molecule has 0 atom stereocenters. The van der Waals surface area contributed by atoms with Gasteiger partial charge in [0, 0.05) is 76.8 Å². The number of hydrogen-bond donors (Lipinski definition) is 0. The zero-order valence-corrected chi connectivity index (χ0v) is 44.0. The number of fused-ring (bicyclic) bond motifs is 18. The van der Waals surface area contributed by atoms with E-state index >= 15 is 0 Å². The molecule has 0 bridgehead atoms. The van der Waals surface area contributed by atoms with Crippen LogP contribution in [0.3, 0.4) is 0 Å². The van der Waals surface area contributed by atoms with E-state index in [0.29, 0.717) is 39.5 Å². The van der Waals surface area contributed by atoms with E-state index < -0.39 is 0 Å². The van der Waals surface area contributed by atoms with Gasteiger partial charge in [0.25, 0.3) is 0 Å². The molecular weight excluding hydrogens is 981 g/mol. The molecule has 80 heavy (non-hydrogen) atoms. The van der Waals surface area contributed by atoms with E-state index in [4.69, 9.17) is 8.83 Å². The summed E-state index contributed by atoms with van der Waals surface area (Å²) in [5.41, 5.74) is 17.7. The van der Waals surface area contributed by atoms with Crippen molar-refractivity contribution in [2.75, 3.05) is 0 Å². The Labute approximate surface area is 456 Å². The lowest BCUT2D eigenvalue weighted by molar-refractivity contribution is 0.669. The van der Waals surface area contributed by atoms with Crippen molar-refractivity contribution in [3.05, 3.63) is 228 Å². The summed E-state index contributed by atoms with van der Waals surface area (Å²) in [6.07, 6.45) is 0. The summed E-state index contributed by atoms with van der Waals surface area (Å²) in [7, 11) is 0. The zero-order chi connectivity index (χ0) is 53.4. The van der Waals surface area contributed by atoms with Crippen LogP contribution in [0.1, 0.15) is 33.4 Å². The van der Waals surface area contributed by atoms with Crippen molar-refractivity contribution in [2.24, 2.45) is 0 Å². The fourth-order valence-electron chi connectivity index (χ4n) is 13.6. The standard InChI is InChI=1S/C72H44N6O2/c1-39-21-25-59-47(29-39)48-30-40(2)22-26-60(48)75(59)70-55(37-73)69(77-57-17-9-5-13-43(57)51-33-53-45-15-7-11-19-65(45)79-67(53)35-63(51)77)56(38-74)71(76-61-27-23-41(3)31-49(61)50-32-42(4)24-28-62(50)76)72(70)78-58-18-10-6-14-44(58)52-34-54-46-16-8-12-20-66(46)80-68(54)36-64(52)78/h5-36H,1-4H3. The van der Waals surface area contributed by atoms with Crippen LogP contribution in [0.4, 0.5) is 0 Å². The molecule has 0 saturated carbocycles. The normalized spacial score (nSPS) is 12.2. The van der Waals surface area contributed by atoms with Crippen molar-refractivity contribution in [3.8, 4) is 34.9 Å². The number of nitriles is 2. The van der Waals surface area contributed by atoms with Gasteiger partial charge in [0.2, 0.25) is 0 Å². The molecule has 0 saturated heterocycles. The van der Waals surface area contributed by atoms with Crippen molar-refractivity contribution in [3.63, 3.8) is 0 Å². The van der Waals surface area contributed by atoms with Crippen LogP contribution in [-0.2, 0) is 0 Å². The smallest absolute Gasteiger partial charge is 0.137 e. The van der Waals surface area contributed by atoms with Crippen molar-refractivity contribution in [1.29, 1.82) is 10.5 Å². The van der Waals surface area contributed by atoms with Crippen LogP contribution in [0, 0.1) is 50.4 Å². The van der Waals surface area contributed by atoms with Gasteiger partial charge in [0.05, 0.1) is 66.9 Å². The summed E-state index contributed by atoms with van der Waals surface area (Å²) in [6, 6.07) is 74.2. The lowest BCUT2D eigenvalue weighted by Crippen LogP contribution is -2.17. The highest BCUT2D eigenvalue weighted by atomic mass is 16.3. The first kappa shape index (κ1) is 44.3. The molecular formula is C72H44N6O2. The third-order valence-corrected chi connectivity index (χ3v) is 17.0. The van der Waals surface area contributed by atoms with Gasteiger partial charge in [-0.2, -0.15) is 10.5 Å². The monoisotopic (exact) mass is 1020 g/mol. The van der Waals surface area contributed by atoms with Crippen LogP contribution in [0.15, 0.2) is 203 Å². The third-order valence-electron chi connectivity index (χ3n) is 17.0. The van der Waals surface area contributed by atoms with Crippen molar-refractivity contribution < 1.29 is 8.83 Å². The number of rotatable bonds is 4. The minimum absolute atomic E-state index is 0.329. The highest BCUT2D eigenvalue weighted by molar-refractivity contribution is 6.21. The maximum Gasteiger partial charge on any atom is 0.137 e. The Bertz CT molecular complexity index is 5470. The molecule has 17 aromatic rings. The van der Waals surface area contributed by atoms with E-state index in [1.807, 2.05) is 36.4 Å². The van der Waals surface area contributed by atoms with Gasteiger partial charge in [0.1, 0.15) is 45.6 Å². The lowest BCUT2D eigenvalue weighted by Gasteiger charge is -2.27. The van der Waals surface area contributed by atoms with E-state index in [1.165, 1.54) is 0 Å². The minimum Gasteiger partial charge on any atom is -0.456 e. The van der Waals surface area contributed by atoms with Gasteiger partial charge in [0.15, 0.2) is 0 Å². The van der Waals surface area contributed by atoms with E-state index in [-0.39, 0.29) is 0 Å². The Kier molecular flexibility index (Phi) is 8.81. The van der Waals surface area contributed by atoms with Crippen molar-refractivity contribution in [2.45, 2.75) is 27.7 Å². The van der Waals surface area contributed by atoms with Gasteiger partial charge in [-0.25, -0.2) is 0 Å². The summed E-state index contributed by atoms with van der Waals surface area (Å²) in [5, 5.41) is 37.7. The predicted molar refractivity (Wildman–Crippen MR) is 327 cm³/mol. The second-order valence-corrected chi connectivity index (χ2v) is 21.8. The fourth-order valence-corrected chi connectivity index (χ4v) is 13.6. The van der Waals surface area contributed by atoms with Crippen LogP contribution >= 0.6 is 0 Å². The molecule has 0 aliphatic rings. The minimum atomic E-state index is 0.329. The first-order valence-electron chi connectivity index (χ1n) is 27.0. The number of benzene rings is 11. The molecule has 0 fully saturated rings. The lowest BCUT2D eigenvalue weighted by atomic mass is 9.98. The second kappa shape index (κ2) is 15.9. The number of aromatic nitrogens is 4. The SMILES string of the molecule is Cc1ccc2c(c1)c1cc(C)ccc1n2-c1c(C#N)c(-n2c3ccccc3c3cc4c(cc32)oc2ccccc24)c(C#N)c(-n2c3ccc(C)cc3c3cc(C)ccc32)c1-n1c2ccccc2c2cc3c(cc21)oc1ccccc13. The van der Waals surface area contributed by atoms with E-state index in [9.17, 15) is 10.5 Å². The van der Waals surface area contributed by atoms with E-state index in [1.54, 1.807) is 0 Å². The van der Waals surface area contributed by atoms with Crippen molar-refractivity contribution in [1.82, 2.24) is 18.3 Å². The van der Waals surface area contributed by atoms with E-state index in [2.05, 4.69) is 216 Å². The molecule has 0 N–H and O–H groups in total. The molecule has 17 rings (SSSR count). The fraction of sp³-hybridized carbons (Fsp3) is 0.0556. The van der Waals surface area contributed by atoms with E-state index in [0.717, 1.165) is 148 Å². The van der Waals surface area contributed by atoms with Gasteiger partial charge in [-0.1, -0.05) is 119 Å². The molecule has 0 unspecified atom stereocenters. The number of aryl methyl sites for hydroxylation is 4. The summed E-state index contributed by atoms with van der Waals surface area (Å²) in [6.45, 7) is 8.52. The first-order chi connectivity index (χ1) is 39.2. The molecule has 6 heterocycles. The maximum absolute atomic E-state index is 12.7. The third kappa shape index (κ3) is 5.81. The molecule has 0 spiro atoms. The Balaban J connectivity index is 1.18. The molecule has 374 valence electrons. The molecule has 0 radical (unpaired) electrons. The second-order valence-electron chi connectivity index (χ2n) is 21.8. The highest BCUT2D eigenvalue weighted by Crippen LogP contribution is 2.50. The Morgan fingerprint density at radius 1 is 0.263 bits per heavy atom. The van der Waals surface area contributed by atoms with Crippen molar-refractivity contribution >= 4 is 131 Å². The number of para-hydroxylation sites is 4. The Hall–Kier alpha value is -10.8. The number of nitrogens with zero attached hydrogens (tertiary/aromatic N) is 6. The number of hydrogen-bond acceptors (Lipinski definition) is 4. The maximum atomic E-state index is 12.7. The summed E-state index contributed by atoms with van der Waals surface area (Å²) in [4.78, 5) is 0. The van der Waals surface area contributed by atoms with Gasteiger partial charge in [-0.3, -0.25) is 0 Å². The quantitative estimate of drug-likeness (QED) is 0.175. The average molecular weight is 1030 g/mol. The van der Waals surface area contributed by atoms with Gasteiger partial charge in [-0.05, 0) is 113 Å². The summed E-state index contributed by atoms with van der Waals surface area (Å²) < 4.78 is 22.6. The number of furan rings is 2. The van der Waals surface area contributed by atoms with Gasteiger partial charge >= 0.3 is 0 Å². The predicted octanol–water partition coefficient (Wildman–Crippen LogP) is 18.9. The molecule has 6 aromatic heterocycles. The highest BCUT2D eigenvalue weighted by Gasteiger charge is 2.35. The molecule has 8 heteroatoms. The summed E-state index contributed by atoms with van der Waals surface area (Å²) >= 11 is 0. The van der Waals surface area contributed by atoms with Crippen LogP contribution in [0.2, 0.25) is 0 Å². The van der Waals surface area contributed by atoms with Crippen LogP contribution < -0.4 is 0 Å². The van der Waals surface area contributed by atoms with Gasteiger partial charge < -0.3 is 27.1 Å². The largest absolute Gasteiger partial charge is 0.456 e. The topological polar surface area (TPSA) is 93.6 Å². The molecule has 8 nitrogen and oxygen atoms in total. The average Bonchev–Trinajstić information content (AvgIpc) is 4.50. The first-order valence-corrected chi connectivity index (χ1v) is 27.0. The van der Waals surface area contributed by atoms with Gasteiger partial charge in [-0.15, -0.1) is 0 Å². The van der Waals surface area contributed by atoms with Crippen LogP contribution in [0.25, 0.3) is 154 Å². The molecule has 11 aromatic carbocycles. The Morgan fingerprint density at radius 2 is 0.575 bits per heavy atom.